The van der Waals surface area contributed by atoms with Crippen molar-refractivity contribution in [3.63, 3.8) is 0 Å². The second-order valence-electron chi connectivity index (χ2n) is 9.51. The topological polar surface area (TPSA) is 56.3 Å². The van der Waals surface area contributed by atoms with Gasteiger partial charge in [0.2, 0.25) is 0 Å². The van der Waals surface area contributed by atoms with Crippen LogP contribution in [0, 0.1) is 18.3 Å². The summed E-state index contributed by atoms with van der Waals surface area (Å²) in [5.41, 5.74) is 2.09. The van der Waals surface area contributed by atoms with Crippen LogP contribution in [-0.2, 0) is 6.54 Å². The van der Waals surface area contributed by atoms with Crippen LogP contribution in [-0.4, -0.2) is 23.7 Å². The van der Waals surface area contributed by atoms with E-state index in [0.717, 1.165) is 27.6 Å². The molecule has 1 N–H and O–H groups in total. The molecule has 1 aromatic heterocycles. The summed E-state index contributed by atoms with van der Waals surface area (Å²) in [6.07, 6.45) is 2.30. The van der Waals surface area contributed by atoms with E-state index in [1.165, 1.54) is 12.0 Å². The third-order valence-corrected chi connectivity index (χ3v) is 5.95. The van der Waals surface area contributed by atoms with Gasteiger partial charge in [-0.3, -0.25) is 0 Å². The zero-order valence-corrected chi connectivity index (χ0v) is 21.5. The number of aryl methyl sites for hydroxylation is 1. The van der Waals surface area contributed by atoms with Gasteiger partial charge in [0.25, 0.3) is 0 Å². The summed E-state index contributed by atoms with van der Waals surface area (Å²) in [7, 11) is 1.67. The molecule has 0 radical (unpaired) electrons. The normalized spacial score (nSPS) is 11.8. The van der Waals surface area contributed by atoms with Crippen molar-refractivity contribution in [3.05, 3.63) is 52.3 Å². The Labute approximate surface area is 200 Å². The van der Waals surface area contributed by atoms with E-state index < -0.39 is 0 Å². The fraction of sp³-hybridized carbons (Fsp3) is 0.462. The molecule has 0 saturated carbocycles. The van der Waals surface area contributed by atoms with Crippen LogP contribution in [0.3, 0.4) is 0 Å². The Morgan fingerprint density at radius 2 is 1.88 bits per heavy atom. The van der Waals surface area contributed by atoms with Crippen LogP contribution in [0.2, 0.25) is 0 Å². The van der Waals surface area contributed by atoms with Crippen LogP contribution in [0.25, 0.3) is 10.9 Å². The molecule has 172 valence electrons. The maximum absolute atomic E-state index is 6.24. The first kappa shape index (κ1) is 24.3. The van der Waals surface area contributed by atoms with Crippen LogP contribution in [0.15, 0.2) is 40.9 Å². The number of hydrogen-bond donors (Lipinski definition) is 1. The van der Waals surface area contributed by atoms with E-state index in [1.54, 1.807) is 7.11 Å². The van der Waals surface area contributed by atoms with Crippen molar-refractivity contribution in [2.75, 3.05) is 19.0 Å². The summed E-state index contributed by atoms with van der Waals surface area (Å²) < 4.78 is 13.0. The average Bonchev–Trinajstić information content (AvgIpc) is 2.74. The highest BCUT2D eigenvalue weighted by molar-refractivity contribution is 9.10. The number of fused-ring (bicyclic) bond motifs is 1. The van der Waals surface area contributed by atoms with Gasteiger partial charge < -0.3 is 14.8 Å². The van der Waals surface area contributed by atoms with E-state index in [4.69, 9.17) is 9.47 Å². The molecular weight excluding hydrogens is 466 g/mol. The van der Waals surface area contributed by atoms with Gasteiger partial charge in [0.05, 0.1) is 19.2 Å². The molecule has 0 atom stereocenters. The Balaban J connectivity index is 1.84. The van der Waals surface area contributed by atoms with Crippen LogP contribution < -0.4 is 14.8 Å². The van der Waals surface area contributed by atoms with Crippen molar-refractivity contribution in [1.82, 2.24) is 9.97 Å². The first-order chi connectivity index (χ1) is 15.2. The lowest BCUT2D eigenvalue weighted by atomic mass is 9.86. The van der Waals surface area contributed by atoms with E-state index in [1.807, 2.05) is 31.2 Å². The number of anilines is 1. The summed E-state index contributed by atoms with van der Waals surface area (Å²) in [6, 6.07) is 12.2. The highest BCUT2D eigenvalue weighted by atomic mass is 79.9. The van der Waals surface area contributed by atoms with E-state index in [-0.39, 0.29) is 5.41 Å². The molecule has 0 aliphatic rings. The third-order valence-electron chi connectivity index (χ3n) is 5.46. The highest BCUT2D eigenvalue weighted by Crippen LogP contribution is 2.36. The molecule has 0 aliphatic carbocycles. The van der Waals surface area contributed by atoms with Crippen LogP contribution in [0.1, 0.15) is 51.9 Å². The molecule has 0 saturated heterocycles. The Bertz CT molecular complexity index is 1070. The van der Waals surface area contributed by atoms with Gasteiger partial charge in [-0.25, -0.2) is 9.97 Å². The number of halogens is 1. The van der Waals surface area contributed by atoms with Crippen molar-refractivity contribution in [2.24, 2.45) is 11.3 Å². The van der Waals surface area contributed by atoms with Gasteiger partial charge in [0.1, 0.15) is 11.6 Å². The van der Waals surface area contributed by atoms with Crippen LogP contribution >= 0.6 is 15.9 Å². The molecule has 0 unspecified atom stereocenters. The van der Waals surface area contributed by atoms with Crippen molar-refractivity contribution in [3.8, 4) is 11.5 Å². The Morgan fingerprint density at radius 1 is 1.09 bits per heavy atom. The number of nitrogens with zero attached hydrogens (tertiary/aromatic N) is 2. The van der Waals surface area contributed by atoms with Crippen LogP contribution in [0.4, 0.5) is 5.82 Å². The molecule has 2 aromatic carbocycles. The summed E-state index contributed by atoms with van der Waals surface area (Å²) in [5.74, 6) is 3.59. The number of nitrogens with one attached hydrogen (secondary N) is 1. The molecule has 0 fully saturated rings. The number of methoxy groups -OCH3 is 1. The largest absolute Gasteiger partial charge is 0.493 e. The molecule has 0 aliphatic heterocycles. The van der Waals surface area contributed by atoms with Crippen molar-refractivity contribution in [2.45, 2.75) is 54.0 Å². The van der Waals surface area contributed by atoms with Crippen LogP contribution in [0.5, 0.6) is 11.5 Å². The molecule has 3 aromatic rings. The van der Waals surface area contributed by atoms with Gasteiger partial charge >= 0.3 is 0 Å². The summed E-state index contributed by atoms with van der Waals surface area (Å²) in [5, 5.41) is 4.37. The van der Waals surface area contributed by atoms with E-state index in [9.17, 15) is 0 Å². The van der Waals surface area contributed by atoms with Crippen molar-refractivity contribution in [1.29, 1.82) is 0 Å². The molecule has 3 rings (SSSR count). The maximum atomic E-state index is 6.24. The third kappa shape index (κ3) is 6.58. The molecule has 0 bridgehead atoms. The lowest BCUT2D eigenvalue weighted by Crippen LogP contribution is -2.22. The Hall–Kier alpha value is -2.34. The molecule has 6 heteroatoms. The minimum Gasteiger partial charge on any atom is -0.493 e. The van der Waals surface area contributed by atoms with E-state index in [0.29, 0.717) is 36.4 Å². The number of rotatable bonds is 10. The second kappa shape index (κ2) is 10.5. The van der Waals surface area contributed by atoms with Gasteiger partial charge in [-0.1, -0.05) is 62.2 Å². The van der Waals surface area contributed by atoms with Gasteiger partial charge in [-0.05, 0) is 48.4 Å². The number of benzene rings is 2. The maximum Gasteiger partial charge on any atom is 0.163 e. The zero-order chi connectivity index (χ0) is 23.3. The van der Waals surface area contributed by atoms with Gasteiger partial charge in [0.15, 0.2) is 11.5 Å². The molecule has 5 nitrogen and oxygen atoms in total. The summed E-state index contributed by atoms with van der Waals surface area (Å²) in [6.45, 7) is 12.2. The lowest BCUT2D eigenvalue weighted by molar-refractivity contribution is 0.158. The SMILES string of the molecule is COc1cc2c(NCc3cccc(Br)c3)nc(C)nc2cc1OCC(C)(C)CCC(C)C. The molecule has 1 heterocycles. The quantitative estimate of drug-likeness (QED) is 0.320. The molecule has 0 spiro atoms. The number of hydrogen-bond acceptors (Lipinski definition) is 5. The van der Waals surface area contributed by atoms with E-state index >= 15 is 0 Å². The second-order valence-corrected chi connectivity index (χ2v) is 10.4. The monoisotopic (exact) mass is 499 g/mol. The predicted octanol–water partition coefficient (Wildman–Crippen LogP) is 7.16. The van der Waals surface area contributed by atoms with Crippen molar-refractivity contribution < 1.29 is 9.47 Å². The summed E-state index contributed by atoms with van der Waals surface area (Å²) >= 11 is 3.53. The minimum absolute atomic E-state index is 0.0858. The minimum atomic E-state index is 0.0858. The average molecular weight is 500 g/mol. The van der Waals surface area contributed by atoms with Gasteiger partial charge in [0, 0.05) is 22.5 Å². The molecule has 32 heavy (non-hydrogen) atoms. The summed E-state index contributed by atoms with van der Waals surface area (Å²) in [4.78, 5) is 9.29. The van der Waals surface area contributed by atoms with E-state index in [2.05, 4.69) is 71.0 Å². The smallest absolute Gasteiger partial charge is 0.163 e. The fourth-order valence-electron chi connectivity index (χ4n) is 3.52. The number of aromatic nitrogens is 2. The standard InChI is InChI=1S/C26H34BrN3O2/c1-17(2)10-11-26(4,5)16-32-24-14-22-21(13-23(24)31-6)25(30-18(3)29-22)28-15-19-8-7-9-20(27)12-19/h7-9,12-14,17H,10-11,15-16H2,1-6H3,(H,28,29,30). The molecule has 0 amide bonds. The molecular formula is C26H34BrN3O2. The van der Waals surface area contributed by atoms with Gasteiger partial charge in [-0.15, -0.1) is 0 Å². The highest BCUT2D eigenvalue weighted by Gasteiger charge is 2.21. The van der Waals surface area contributed by atoms with Crippen molar-refractivity contribution >= 4 is 32.7 Å². The van der Waals surface area contributed by atoms with Gasteiger partial charge in [-0.2, -0.15) is 0 Å². The lowest BCUT2D eigenvalue weighted by Gasteiger charge is -2.26. The number of ether oxygens (including phenoxy) is 2. The predicted molar refractivity (Wildman–Crippen MR) is 136 cm³/mol. The zero-order valence-electron chi connectivity index (χ0n) is 20.0. The first-order valence-corrected chi connectivity index (χ1v) is 11.9. The fourth-order valence-corrected chi connectivity index (χ4v) is 3.96. The first-order valence-electron chi connectivity index (χ1n) is 11.1. The Morgan fingerprint density at radius 3 is 2.56 bits per heavy atom. The Kier molecular flexibility index (Phi) is 7.99.